The number of unbranched alkanes of at least 4 members (excludes halogenated alkanes) is 12. The molecule has 1 saturated carbocycles. The summed E-state index contributed by atoms with van der Waals surface area (Å²) in [5.74, 6) is 1.12. The molecule has 0 aromatic carbocycles. The van der Waals surface area contributed by atoms with E-state index in [1.54, 1.807) is 0 Å². The van der Waals surface area contributed by atoms with Crippen molar-refractivity contribution in [2.24, 2.45) is 5.92 Å². The predicted octanol–water partition coefficient (Wildman–Crippen LogP) is 7.20. The van der Waals surface area contributed by atoms with Crippen molar-refractivity contribution in [2.45, 2.75) is 122 Å². The number of hydrogen-bond donors (Lipinski definition) is 0. The molecule has 0 saturated heterocycles. The van der Waals surface area contributed by atoms with Crippen molar-refractivity contribution >= 4 is 5.97 Å². The molecule has 0 bridgehead atoms. The second-order valence-corrected chi connectivity index (χ2v) is 7.80. The van der Waals surface area contributed by atoms with Gasteiger partial charge in [0.1, 0.15) is 0 Å². The highest BCUT2D eigenvalue weighted by Gasteiger charge is 2.19. The molecule has 0 spiro atoms. The molecular weight excluding hydrogens is 296 g/mol. The van der Waals surface area contributed by atoms with Gasteiger partial charge in [0.15, 0.2) is 0 Å². The van der Waals surface area contributed by atoms with E-state index < -0.39 is 0 Å². The molecule has 142 valence electrons. The largest absolute Gasteiger partial charge is 0.466 e. The second kappa shape index (κ2) is 16.0. The minimum absolute atomic E-state index is 0.000538. The van der Waals surface area contributed by atoms with E-state index in [1.165, 1.54) is 89.9 Å². The van der Waals surface area contributed by atoms with Gasteiger partial charge in [-0.3, -0.25) is 4.79 Å². The van der Waals surface area contributed by atoms with Gasteiger partial charge in [-0.25, -0.2) is 0 Å². The van der Waals surface area contributed by atoms with Crippen molar-refractivity contribution < 1.29 is 9.53 Å². The van der Waals surface area contributed by atoms with E-state index in [9.17, 15) is 4.79 Å². The molecule has 0 amide bonds. The van der Waals surface area contributed by atoms with Gasteiger partial charge in [-0.1, -0.05) is 103 Å². The number of ether oxygens (including phenoxy) is 1. The summed E-state index contributed by atoms with van der Waals surface area (Å²) < 4.78 is 5.17. The third-order valence-corrected chi connectivity index (χ3v) is 5.20. The maximum atomic E-state index is 11.4. The fourth-order valence-electron chi connectivity index (χ4n) is 3.28. The molecule has 0 heterocycles. The molecule has 24 heavy (non-hydrogen) atoms. The quantitative estimate of drug-likeness (QED) is 0.195. The Morgan fingerprint density at radius 3 is 1.75 bits per heavy atom. The van der Waals surface area contributed by atoms with Gasteiger partial charge in [-0.05, 0) is 18.8 Å². The Morgan fingerprint density at radius 2 is 1.25 bits per heavy atom. The Labute approximate surface area is 151 Å². The predicted molar refractivity (Wildman–Crippen MR) is 103 cm³/mol. The number of hydrogen-bond acceptors (Lipinski definition) is 2. The van der Waals surface area contributed by atoms with E-state index >= 15 is 0 Å². The molecule has 1 fully saturated rings. The van der Waals surface area contributed by atoms with Crippen molar-refractivity contribution in [1.82, 2.24) is 0 Å². The van der Waals surface area contributed by atoms with Gasteiger partial charge in [0, 0.05) is 6.42 Å². The first-order chi connectivity index (χ1) is 11.8. The van der Waals surface area contributed by atoms with Gasteiger partial charge in [0.05, 0.1) is 6.61 Å². The number of rotatable bonds is 18. The molecule has 0 atom stereocenters. The van der Waals surface area contributed by atoms with Crippen LogP contribution in [0.5, 0.6) is 0 Å². The van der Waals surface area contributed by atoms with E-state index in [0.717, 1.165) is 25.2 Å². The van der Waals surface area contributed by atoms with Crippen LogP contribution in [0.1, 0.15) is 122 Å². The molecule has 1 aliphatic rings. The highest BCUT2D eigenvalue weighted by molar-refractivity contribution is 5.69. The molecule has 0 N–H and O–H groups in total. The molecule has 0 aromatic rings. The molecule has 0 aromatic heterocycles. The van der Waals surface area contributed by atoms with Crippen LogP contribution in [-0.2, 0) is 9.53 Å². The van der Waals surface area contributed by atoms with Gasteiger partial charge < -0.3 is 4.74 Å². The van der Waals surface area contributed by atoms with Crippen LogP contribution in [0.2, 0.25) is 0 Å². The third kappa shape index (κ3) is 15.0. The molecular formula is C22H42O2. The molecule has 0 aliphatic heterocycles. The fourth-order valence-corrected chi connectivity index (χ4v) is 3.28. The Bertz CT molecular complexity index is 284. The van der Waals surface area contributed by atoms with Crippen molar-refractivity contribution in [3.63, 3.8) is 0 Å². The zero-order valence-corrected chi connectivity index (χ0v) is 16.3. The minimum atomic E-state index is 0.000538. The van der Waals surface area contributed by atoms with Gasteiger partial charge >= 0.3 is 5.97 Å². The van der Waals surface area contributed by atoms with Crippen LogP contribution in [0.15, 0.2) is 0 Å². The monoisotopic (exact) mass is 338 g/mol. The molecule has 2 heteroatoms. The average Bonchev–Trinajstić information content (AvgIpc) is 3.39. The van der Waals surface area contributed by atoms with E-state index in [2.05, 4.69) is 6.92 Å². The van der Waals surface area contributed by atoms with Crippen LogP contribution < -0.4 is 0 Å². The third-order valence-electron chi connectivity index (χ3n) is 5.20. The smallest absolute Gasteiger partial charge is 0.305 e. The van der Waals surface area contributed by atoms with Crippen molar-refractivity contribution in [3.8, 4) is 0 Å². The summed E-state index contributed by atoms with van der Waals surface area (Å²) in [6.45, 7) is 2.72. The van der Waals surface area contributed by atoms with Crippen molar-refractivity contribution in [2.75, 3.05) is 6.61 Å². The van der Waals surface area contributed by atoms with E-state index in [0.29, 0.717) is 13.0 Å². The average molecular weight is 339 g/mol. The Kier molecular flexibility index (Phi) is 14.3. The maximum Gasteiger partial charge on any atom is 0.305 e. The lowest BCUT2D eigenvalue weighted by Gasteiger charge is -2.04. The number of esters is 1. The van der Waals surface area contributed by atoms with Crippen LogP contribution in [0.4, 0.5) is 0 Å². The van der Waals surface area contributed by atoms with E-state index in [4.69, 9.17) is 4.74 Å². The topological polar surface area (TPSA) is 26.3 Å². The van der Waals surface area contributed by atoms with Crippen LogP contribution in [0.3, 0.4) is 0 Å². The first-order valence-electron chi connectivity index (χ1n) is 11.0. The summed E-state index contributed by atoms with van der Waals surface area (Å²) in [4.78, 5) is 11.4. The lowest BCUT2D eigenvalue weighted by Crippen LogP contribution is -2.05. The summed E-state index contributed by atoms with van der Waals surface area (Å²) in [5.41, 5.74) is 0. The molecule has 0 radical (unpaired) electrons. The van der Waals surface area contributed by atoms with Gasteiger partial charge in [0.2, 0.25) is 0 Å². The highest BCUT2D eigenvalue weighted by Crippen LogP contribution is 2.34. The van der Waals surface area contributed by atoms with Crippen molar-refractivity contribution in [3.05, 3.63) is 0 Å². The summed E-state index contributed by atoms with van der Waals surface area (Å²) in [6, 6.07) is 0. The lowest BCUT2D eigenvalue weighted by molar-refractivity contribution is -0.143. The zero-order valence-electron chi connectivity index (χ0n) is 16.3. The van der Waals surface area contributed by atoms with E-state index in [1.807, 2.05) is 0 Å². The van der Waals surface area contributed by atoms with E-state index in [-0.39, 0.29) is 5.97 Å². The van der Waals surface area contributed by atoms with Gasteiger partial charge in [-0.2, -0.15) is 0 Å². The second-order valence-electron chi connectivity index (χ2n) is 7.80. The van der Waals surface area contributed by atoms with Crippen LogP contribution in [0, 0.1) is 5.92 Å². The first kappa shape index (κ1) is 21.5. The molecule has 0 unspecified atom stereocenters. The van der Waals surface area contributed by atoms with Gasteiger partial charge in [0.25, 0.3) is 0 Å². The number of carbonyl (C=O) groups is 1. The normalized spacial score (nSPS) is 14.0. The number of carbonyl (C=O) groups excluding carboxylic acids is 1. The first-order valence-corrected chi connectivity index (χ1v) is 11.0. The van der Waals surface area contributed by atoms with Crippen LogP contribution in [-0.4, -0.2) is 12.6 Å². The molecule has 2 nitrogen and oxygen atoms in total. The SMILES string of the molecule is CCCCOC(=O)CCCCCCCCCCCCCCC1CC1. The lowest BCUT2D eigenvalue weighted by atomic mass is 10.0. The minimum Gasteiger partial charge on any atom is -0.466 e. The summed E-state index contributed by atoms with van der Waals surface area (Å²) in [5, 5.41) is 0. The maximum absolute atomic E-state index is 11.4. The summed E-state index contributed by atoms with van der Waals surface area (Å²) in [6.07, 6.45) is 23.6. The van der Waals surface area contributed by atoms with Crippen LogP contribution >= 0.6 is 0 Å². The standard InChI is InChI=1S/C22H42O2/c1-2-3-20-24-22(23)17-15-13-11-9-7-5-4-6-8-10-12-14-16-21-18-19-21/h21H,2-20H2,1H3. The Morgan fingerprint density at radius 1 is 0.750 bits per heavy atom. The summed E-state index contributed by atoms with van der Waals surface area (Å²) >= 11 is 0. The zero-order chi connectivity index (χ0) is 17.3. The van der Waals surface area contributed by atoms with Crippen molar-refractivity contribution in [1.29, 1.82) is 0 Å². The van der Waals surface area contributed by atoms with Crippen LogP contribution in [0.25, 0.3) is 0 Å². The molecule has 1 aliphatic carbocycles. The fraction of sp³-hybridized carbons (Fsp3) is 0.955. The Balaban J connectivity index is 1.66. The van der Waals surface area contributed by atoms with Gasteiger partial charge in [-0.15, -0.1) is 0 Å². The Hall–Kier alpha value is -0.530. The molecule has 1 rings (SSSR count). The highest BCUT2D eigenvalue weighted by atomic mass is 16.5. The summed E-state index contributed by atoms with van der Waals surface area (Å²) in [7, 11) is 0.